The number of thiazole rings is 1. The Balaban J connectivity index is 2.16. The molecule has 0 aliphatic carbocycles. The first kappa shape index (κ1) is 14.2. The zero-order valence-corrected chi connectivity index (χ0v) is 12.7. The number of nitrogens with zero attached hydrogens (tertiary/aromatic N) is 3. The summed E-state index contributed by atoms with van der Waals surface area (Å²) in [6, 6.07) is 0.0338. The lowest BCUT2D eigenvalue weighted by atomic mass is 9.93. The van der Waals surface area contributed by atoms with Crippen LogP contribution in [0.2, 0.25) is 0 Å². The van der Waals surface area contributed by atoms with E-state index in [-0.39, 0.29) is 11.5 Å². The second-order valence-corrected chi connectivity index (χ2v) is 6.67. The highest BCUT2D eigenvalue weighted by molar-refractivity contribution is 7.09. The number of nitrogens with two attached hydrogens (primary N) is 1. The first-order valence-electron chi connectivity index (χ1n) is 6.29. The van der Waals surface area contributed by atoms with E-state index in [4.69, 9.17) is 10.8 Å². The fraction of sp³-hybridized carbons (Fsp3) is 0.538. The fourth-order valence-corrected chi connectivity index (χ4v) is 2.94. The smallest absolute Gasteiger partial charge is 0.0948 e. The lowest BCUT2D eigenvalue weighted by Crippen LogP contribution is -2.30. The SMILES string of the molecule is Cn1cncc1C(Cc1nc(C(C)(C)C)cs1)NN. The largest absolute Gasteiger partial charge is 0.336 e. The summed E-state index contributed by atoms with van der Waals surface area (Å²) in [4.78, 5) is 8.83. The molecular weight excluding hydrogens is 258 g/mol. The molecule has 0 aromatic carbocycles. The van der Waals surface area contributed by atoms with E-state index in [1.54, 1.807) is 17.7 Å². The molecule has 3 N–H and O–H groups in total. The van der Waals surface area contributed by atoms with Crippen molar-refractivity contribution >= 4 is 11.3 Å². The standard InChI is InChI=1S/C13H21N5S/c1-13(2,3)11-7-19-12(16-11)5-9(17-14)10-6-15-8-18(10)4/h6-9,17H,5,14H2,1-4H3. The summed E-state index contributed by atoms with van der Waals surface area (Å²) in [7, 11) is 1.97. The van der Waals surface area contributed by atoms with Crippen molar-refractivity contribution in [2.75, 3.05) is 0 Å². The van der Waals surface area contributed by atoms with Crippen LogP contribution in [0.1, 0.15) is 43.2 Å². The zero-order chi connectivity index (χ0) is 14.0. The molecule has 0 aliphatic rings. The maximum atomic E-state index is 5.66. The van der Waals surface area contributed by atoms with Crippen molar-refractivity contribution in [1.82, 2.24) is 20.0 Å². The van der Waals surface area contributed by atoms with Crippen LogP contribution in [-0.4, -0.2) is 14.5 Å². The molecular formula is C13H21N5S. The van der Waals surface area contributed by atoms with Crippen LogP contribution in [0.5, 0.6) is 0 Å². The van der Waals surface area contributed by atoms with Crippen molar-refractivity contribution in [1.29, 1.82) is 0 Å². The van der Waals surface area contributed by atoms with Gasteiger partial charge in [-0.3, -0.25) is 11.3 Å². The quantitative estimate of drug-likeness (QED) is 0.663. The predicted molar refractivity (Wildman–Crippen MR) is 77.8 cm³/mol. The summed E-state index contributed by atoms with van der Waals surface area (Å²) in [5.74, 6) is 5.66. The van der Waals surface area contributed by atoms with Crippen molar-refractivity contribution in [2.45, 2.75) is 38.6 Å². The Hall–Kier alpha value is -1.24. The minimum absolute atomic E-state index is 0.0338. The number of hydrogen-bond acceptors (Lipinski definition) is 5. The lowest BCUT2D eigenvalue weighted by molar-refractivity contribution is 0.516. The van der Waals surface area contributed by atoms with Gasteiger partial charge in [-0.05, 0) is 0 Å². The zero-order valence-electron chi connectivity index (χ0n) is 11.8. The summed E-state index contributed by atoms with van der Waals surface area (Å²) >= 11 is 1.69. The molecule has 0 amide bonds. The molecule has 19 heavy (non-hydrogen) atoms. The number of imidazole rings is 1. The van der Waals surface area contributed by atoms with E-state index in [0.29, 0.717) is 0 Å². The monoisotopic (exact) mass is 279 g/mol. The third-order valence-corrected chi connectivity index (χ3v) is 3.98. The molecule has 6 heteroatoms. The molecule has 2 heterocycles. The maximum absolute atomic E-state index is 5.66. The molecule has 0 bridgehead atoms. The van der Waals surface area contributed by atoms with Crippen LogP contribution in [0.25, 0.3) is 0 Å². The minimum atomic E-state index is 0.0338. The molecule has 0 saturated heterocycles. The van der Waals surface area contributed by atoms with Crippen LogP contribution in [-0.2, 0) is 18.9 Å². The molecule has 0 fully saturated rings. The van der Waals surface area contributed by atoms with Crippen molar-refractivity contribution < 1.29 is 0 Å². The van der Waals surface area contributed by atoms with Gasteiger partial charge in [-0.2, -0.15) is 0 Å². The first-order chi connectivity index (χ1) is 8.91. The summed E-state index contributed by atoms with van der Waals surface area (Å²) in [6.45, 7) is 6.52. The van der Waals surface area contributed by atoms with Gasteiger partial charge >= 0.3 is 0 Å². The summed E-state index contributed by atoms with van der Waals surface area (Å²) in [6.07, 6.45) is 4.39. The number of nitrogens with one attached hydrogen (secondary N) is 1. The normalized spacial score (nSPS) is 13.7. The molecule has 0 aliphatic heterocycles. The Morgan fingerprint density at radius 1 is 1.47 bits per heavy atom. The average molecular weight is 279 g/mol. The van der Waals surface area contributed by atoms with E-state index in [2.05, 4.69) is 36.6 Å². The molecule has 5 nitrogen and oxygen atoms in total. The van der Waals surface area contributed by atoms with Crippen LogP contribution in [0.3, 0.4) is 0 Å². The lowest BCUT2D eigenvalue weighted by Gasteiger charge is -2.16. The molecule has 104 valence electrons. The number of rotatable bonds is 4. The van der Waals surface area contributed by atoms with Gasteiger partial charge in [-0.25, -0.2) is 9.97 Å². The second-order valence-electron chi connectivity index (χ2n) is 5.73. The summed E-state index contributed by atoms with van der Waals surface area (Å²) < 4.78 is 1.98. The number of aromatic nitrogens is 3. The Labute approximate surface area is 117 Å². The summed E-state index contributed by atoms with van der Waals surface area (Å²) in [5.41, 5.74) is 5.14. The number of hydrazine groups is 1. The van der Waals surface area contributed by atoms with Gasteiger partial charge in [0, 0.05) is 30.5 Å². The highest BCUT2D eigenvalue weighted by atomic mass is 32.1. The summed E-state index contributed by atoms with van der Waals surface area (Å²) in [5, 5.41) is 3.22. The Kier molecular flexibility index (Phi) is 4.03. The Morgan fingerprint density at radius 2 is 2.21 bits per heavy atom. The van der Waals surface area contributed by atoms with Crippen molar-refractivity contribution in [3.8, 4) is 0 Å². The second kappa shape index (κ2) is 5.40. The molecule has 0 saturated carbocycles. The van der Waals surface area contributed by atoms with Gasteiger partial charge in [0.05, 0.1) is 28.8 Å². The van der Waals surface area contributed by atoms with E-state index in [1.807, 2.05) is 17.8 Å². The fourth-order valence-electron chi connectivity index (χ4n) is 1.88. The van der Waals surface area contributed by atoms with Gasteiger partial charge in [0.2, 0.25) is 0 Å². The van der Waals surface area contributed by atoms with Gasteiger partial charge < -0.3 is 4.57 Å². The van der Waals surface area contributed by atoms with Crippen LogP contribution >= 0.6 is 11.3 Å². The highest BCUT2D eigenvalue weighted by Gasteiger charge is 2.20. The Bertz CT molecular complexity index is 537. The van der Waals surface area contributed by atoms with Crippen LogP contribution in [0.15, 0.2) is 17.9 Å². The first-order valence-corrected chi connectivity index (χ1v) is 7.17. The van der Waals surface area contributed by atoms with Crippen LogP contribution in [0, 0.1) is 0 Å². The van der Waals surface area contributed by atoms with E-state index in [1.165, 1.54) is 0 Å². The van der Waals surface area contributed by atoms with E-state index in [0.717, 1.165) is 22.8 Å². The molecule has 1 atom stereocenters. The van der Waals surface area contributed by atoms with Crippen molar-refractivity contribution in [2.24, 2.45) is 12.9 Å². The molecule has 0 spiro atoms. The van der Waals surface area contributed by atoms with E-state index in [9.17, 15) is 0 Å². The van der Waals surface area contributed by atoms with Gasteiger partial charge in [-0.1, -0.05) is 20.8 Å². The molecule has 2 aromatic heterocycles. The number of aryl methyl sites for hydroxylation is 1. The van der Waals surface area contributed by atoms with Crippen LogP contribution < -0.4 is 11.3 Å². The topological polar surface area (TPSA) is 68.8 Å². The van der Waals surface area contributed by atoms with E-state index >= 15 is 0 Å². The average Bonchev–Trinajstić information content (AvgIpc) is 2.94. The third-order valence-electron chi connectivity index (χ3n) is 3.11. The van der Waals surface area contributed by atoms with Crippen molar-refractivity contribution in [3.05, 3.63) is 34.3 Å². The van der Waals surface area contributed by atoms with Gasteiger partial charge in [0.1, 0.15) is 0 Å². The van der Waals surface area contributed by atoms with Gasteiger partial charge in [0.25, 0.3) is 0 Å². The van der Waals surface area contributed by atoms with Crippen molar-refractivity contribution in [3.63, 3.8) is 0 Å². The minimum Gasteiger partial charge on any atom is -0.336 e. The maximum Gasteiger partial charge on any atom is 0.0948 e. The molecule has 0 radical (unpaired) electrons. The Morgan fingerprint density at radius 3 is 2.68 bits per heavy atom. The predicted octanol–water partition coefficient (Wildman–Crippen LogP) is 1.92. The van der Waals surface area contributed by atoms with Gasteiger partial charge in [0.15, 0.2) is 0 Å². The molecule has 1 unspecified atom stereocenters. The van der Waals surface area contributed by atoms with Crippen LogP contribution in [0.4, 0.5) is 0 Å². The third kappa shape index (κ3) is 3.20. The number of hydrogen-bond donors (Lipinski definition) is 2. The molecule has 2 aromatic rings. The van der Waals surface area contributed by atoms with Gasteiger partial charge in [-0.15, -0.1) is 11.3 Å². The highest BCUT2D eigenvalue weighted by Crippen LogP contribution is 2.26. The van der Waals surface area contributed by atoms with E-state index < -0.39 is 0 Å². The molecule has 2 rings (SSSR count).